The number of piperazine rings is 1. The maximum atomic E-state index is 16.9. The number of hydrogen-bond acceptors (Lipinski definition) is 7. The van der Waals surface area contributed by atoms with E-state index in [0.29, 0.717) is 40.7 Å². The number of ether oxygens (including phenoxy) is 1. The monoisotopic (exact) mass is 640 g/mol. The Morgan fingerprint density at radius 1 is 1.00 bits per heavy atom. The van der Waals surface area contributed by atoms with E-state index >= 15 is 8.78 Å². The molecule has 4 aliphatic rings. The first-order valence-corrected chi connectivity index (χ1v) is 17.5. The molecule has 3 fully saturated rings. The number of terminal acetylenes is 1. The van der Waals surface area contributed by atoms with E-state index in [2.05, 4.69) is 21.0 Å². The number of fused-ring (bicyclic) bond motifs is 4. The van der Waals surface area contributed by atoms with Gasteiger partial charge in [0.05, 0.1) is 16.6 Å². The molecule has 0 saturated carbocycles. The van der Waals surface area contributed by atoms with Crippen molar-refractivity contribution in [1.82, 2.24) is 25.2 Å². The molecule has 6 heterocycles. The number of nitrogens with one attached hydrogen (secondary N) is 1. The number of halogens is 2. The standard InChI is InChI=1S/C34H34F2N6O.2C2H6/c1-2-6-23-25(35)11-9-21-7-3-8-24(27(21)23)30-29(36)31-28-26(38-30)12-10-22-19-37-15-18-42(22)32(28)40-33(39-31)43-20-34-13-4-16-41(34)17-5-14-34;2*1-2/h1,3,7-9,11,22,37H,4-6,10,12-20H2;2*1-2H3. The Bertz CT molecular complexity index is 1790. The number of rotatable bonds is 5. The summed E-state index contributed by atoms with van der Waals surface area (Å²) in [6, 6.07) is 9.05. The summed E-state index contributed by atoms with van der Waals surface area (Å²) < 4.78 is 38.4. The van der Waals surface area contributed by atoms with Crippen molar-refractivity contribution in [1.29, 1.82) is 0 Å². The lowest BCUT2D eigenvalue weighted by molar-refractivity contribution is 0.108. The summed E-state index contributed by atoms with van der Waals surface area (Å²) in [7, 11) is 0. The van der Waals surface area contributed by atoms with Crippen LogP contribution in [0.15, 0.2) is 30.3 Å². The van der Waals surface area contributed by atoms with Crippen LogP contribution in [0.1, 0.15) is 71.1 Å². The molecule has 4 aliphatic heterocycles. The lowest BCUT2D eigenvalue weighted by Gasteiger charge is -2.36. The summed E-state index contributed by atoms with van der Waals surface area (Å²) in [6.07, 6.45) is 11.7. The summed E-state index contributed by atoms with van der Waals surface area (Å²) in [5, 5.41) is 5.51. The van der Waals surface area contributed by atoms with Gasteiger partial charge in [-0.05, 0) is 68.5 Å². The second-order valence-corrected chi connectivity index (χ2v) is 12.4. The summed E-state index contributed by atoms with van der Waals surface area (Å²) in [4.78, 5) is 19.5. The molecule has 0 bridgehead atoms. The van der Waals surface area contributed by atoms with Crippen LogP contribution in [-0.2, 0) is 12.8 Å². The Morgan fingerprint density at radius 3 is 2.55 bits per heavy atom. The Labute approximate surface area is 277 Å². The van der Waals surface area contributed by atoms with Crippen LogP contribution in [0.5, 0.6) is 6.01 Å². The van der Waals surface area contributed by atoms with Gasteiger partial charge in [-0.25, -0.2) is 13.8 Å². The largest absolute Gasteiger partial charge is 0.461 e. The quantitative estimate of drug-likeness (QED) is 0.234. The molecule has 2 aromatic heterocycles. The van der Waals surface area contributed by atoms with Gasteiger partial charge in [0.15, 0.2) is 5.82 Å². The smallest absolute Gasteiger partial charge is 0.319 e. The summed E-state index contributed by atoms with van der Waals surface area (Å²) in [5.74, 6) is 2.31. The Morgan fingerprint density at radius 2 is 1.79 bits per heavy atom. The number of aryl methyl sites for hydroxylation is 1. The zero-order chi connectivity index (χ0) is 33.1. The van der Waals surface area contributed by atoms with E-state index < -0.39 is 11.6 Å². The number of aromatic nitrogens is 3. The second kappa shape index (κ2) is 14.1. The third-order valence-electron chi connectivity index (χ3n) is 10.1. The Hall–Kier alpha value is -3.87. The molecule has 1 unspecified atom stereocenters. The summed E-state index contributed by atoms with van der Waals surface area (Å²) in [6.45, 7) is 13.1. The van der Waals surface area contributed by atoms with Crippen molar-refractivity contribution >= 4 is 27.5 Å². The predicted molar refractivity (Wildman–Crippen MR) is 186 cm³/mol. The topological polar surface area (TPSA) is 66.4 Å². The van der Waals surface area contributed by atoms with Crippen molar-refractivity contribution in [3.8, 4) is 29.6 Å². The molecule has 0 amide bonds. The molecule has 8 rings (SSSR count). The van der Waals surface area contributed by atoms with E-state index in [0.717, 1.165) is 75.9 Å². The fourth-order valence-corrected chi connectivity index (χ4v) is 8.00. The SMILES string of the molecule is C#CCc1c(F)ccc2cccc(-c3nc4c5c(nc(OCC67CCCN6CCC7)nc5c3F)N3CCNCC3CC4)c12.CC.CC. The number of pyridine rings is 1. The van der Waals surface area contributed by atoms with Gasteiger partial charge in [0.2, 0.25) is 0 Å². The van der Waals surface area contributed by atoms with Gasteiger partial charge in [0.1, 0.15) is 29.5 Å². The highest BCUT2D eigenvalue weighted by atomic mass is 19.1. The zero-order valence-corrected chi connectivity index (χ0v) is 28.1. The highest BCUT2D eigenvalue weighted by molar-refractivity contribution is 6.02. The van der Waals surface area contributed by atoms with Gasteiger partial charge in [0, 0.05) is 43.2 Å². The maximum Gasteiger partial charge on any atom is 0.319 e. The van der Waals surface area contributed by atoms with Crippen LogP contribution in [-0.4, -0.2) is 70.8 Å². The van der Waals surface area contributed by atoms with Crippen LogP contribution in [0.2, 0.25) is 0 Å². The average molecular weight is 641 g/mol. The number of benzene rings is 2. The second-order valence-electron chi connectivity index (χ2n) is 12.4. The molecule has 0 radical (unpaired) electrons. The Kier molecular flexibility index (Phi) is 9.90. The zero-order valence-electron chi connectivity index (χ0n) is 28.1. The third-order valence-corrected chi connectivity index (χ3v) is 10.1. The summed E-state index contributed by atoms with van der Waals surface area (Å²) in [5.41, 5.74) is 2.01. The van der Waals surface area contributed by atoms with Gasteiger partial charge in [-0.3, -0.25) is 4.90 Å². The van der Waals surface area contributed by atoms with Crippen LogP contribution >= 0.6 is 0 Å². The normalized spacial score (nSPS) is 19.5. The van der Waals surface area contributed by atoms with E-state index in [-0.39, 0.29) is 35.2 Å². The fraction of sp³-hybridized carbons (Fsp3) is 0.500. The van der Waals surface area contributed by atoms with Crippen molar-refractivity contribution in [3.63, 3.8) is 0 Å². The molecular formula is C38H46F2N6O. The van der Waals surface area contributed by atoms with Crippen molar-refractivity contribution in [2.45, 2.75) is 84.2 Å². The minimum Gasteiger partial charge on any atom is -0.461 e. The lowest BCUT2D eigenvalue weighted by Crippen LogP contribution is -2.51. The molecule has 1 N–H and O–H groups in total. The highest BCUT2D eigenvalue weighted by Crippen LogP contribution is 2.42. The van der Waals surface area contributed by atoms with E-state index in [1.807, 2.05) is 39.8 Å². The third kappa shape index (κ3) is 5.80. The predicted octanol–water partition coefficient (Wildman–Crippen LogP) is 7.08. The van der Waals surface area contributed by atoms with E-state index in [9.17, 15) is 0 Å². The summed E-state index contributed by atoms with van der Waals surface area (Å²) >= 11 is 0. The number of anilines is 1. The number of hydrogen-bond donors (Lipinski definition) is 1. The molecule has 248 valence electrons. The van der Waals surface area contributed by atoms with Gasteiger partial charge in [-0.1, -0.05) is 52.0 Å². The van der Waals surface area contributed by atoms with Crippen molar-refractivity contribution in [2.75, 3.05) is 44.2 Å². The molecule has 7 nitrogen and oxygen atoms in total. The van der Waals surface area contributed by atoms with Crippen LogP contribution in [0, 0.1) is 24.0 Å². The fourth-order valence-electron chi connectivity index (χ4n) is 8.00. The van der Waals surface area contributed by atoms with Crippen molar-refractivity contribution in [3.05, 3.63) is 53.2 Å². The lowest BCUT2D eigenvalue weighted by atomic mass is 9.94. The number of nitrogens with zero attached hydrogens (tertiary/aromatic N) is 5. The van der Waals surface area contributed by atoms with Crippen LogP contribution in [0.3, 0.4) is 0 Å². The van der Waals surface area contributed by atoms with Gasteiger partial charge >= 0.3 is 6.01 Å². The van der Waals surface area contributed by atoms with Crippen LogP contribution in [0.25, 0.3) is 32.9 Å². The molecule has 0 aliphatic carbocycles. The Balaban J connectivity index is 0.000000932. The molecule has 4 aromatic rings. The molecule has 2 aromatic carbocycles. The van der Waals surface area contributed by atoms with Gasteiger partial charge in [-0.15, -0.1) is 12.3 Å². The average Bonchev–Trinajstić information content (AvgIpc) is 3.66. The molecule has 9 heteroatoms. The van der Waals surface area contributed by atoms with E-state index in [1.165, 1.54) is 6.07 Å². The van der Waals surface area contributed by atoms with Crippen LogP contribution < -0.4 is 15.0 Å². The minimum atomic E-state index is -0.550. The van der Waals surface area contributed by atoms with Gasteiger partial charge < -0.3 is 15.0 Å². The first-order chi connectivity index (χ1) is 23.1. The van der Waals surface area contributed by atoms with Gasteiger partial charge in [0.25, 0.3) is 0 Å². The minimum absolute atomic E-state index is 0.0115. The molecule has 0 spiro atoms. The van der Waals surface area contributed by atoms with Crippen molar-refractivity contribution < 1.29 is 13.5 Å². The van der Waals surface area contributed by atoms with Crippen molar-refractivity contribution in [2.24, 2.45) is 0 Å². The highest BCUT2D eigenvalue weighted by Gasteiger charge is 2.45. The van der Waals surface area contributed by atoms with Crippen LogP contribution in [0.4, 0.5) is 14.6 Å². The molecule has 3 saturated heterocycles. The van der Waals surface area contributed by atoms with E-state index in [4.69, 9.17) is 26.1 Å². The molecule has 1 atom stereocenters. The molecular weight excluding hydrogens is 594 g/mol. The van der Waals surface area contributed by atoms with Gasteiger partial charge in [-0.2, -0.15) is 9.97 Å². The first kappa shape index (κ1) is 33.0. The first-order valence-electron chi connectivity index (χ1n) is 17.5. The van der Waals surface area contributed by atoms with E-state index in [1.54, 1.807) is 12.1 Å². The molecule has 47 heavy (non-hydrogen) atoms. The maximum absolute atomic E-state index is 16.9.